The van der Waals surface area contributed by atoms with Crippen LogP contribution in [0.15, 0.2) is 103 Å². The van der Waals surface area contributed by atoms with Crippen LogP contribution in [0.1, 0.15) is 23.7 Å². The summed E-state index contributed by atoms with van der Waals surface area (Å²) >= 11 is 0. The first-order valence-electron chi connectivity index (χ1n) is 12.0. The SMILES string of the molecule is CCC(OC(=O)c1ccc2nc(-c3ccccc3)c(-c3ccccc3)nc2c1)C(=O)Nc1ccccn1. The summed E-state index contributed by atoms with van der Waals surface area (Å²) in [5.41, 5.74) is 4.83. The molecule has 2 aromatic heterocycles. The lowest BCUT2D eigenvalue weighted by Crippen LogP contribution is -2.32. The fourth-order valence-electron chi connectivity index (χ4n) is 3.94. The van der Waals surface area contributed by atoms with Gasteiger partial charge >= 0.3 is 5.97 Å². The third kappa shape index (κ3) is 5.36. The number of esters is 1. The number of hydrogen-bond donors (Lipinski definition) is 1. The molecule has 0 saturated carbocycles. The van der Waals surface area contributed by atoms with E-state index in [-0.39, 0.29) is 5.56 Å². The molecule has 7 nitrogen and oxygen atoms in total. The van der Waals surface area contributed by atoms with Gasteiger partial charge in [0.25, 0.3) is 5.91 Å². The molecule has 0 bridgehead atoms. The normalized spacial score (nSPS) is 11.6. The summed E-state index contributed by atoms with van der Waals surface area (Å²) in [6.07, 6.45) is 0.929. The molecule has 1 unspecified atom stereocenters. The molecule has 0 aliphatic carbocycles. The molecule has 5 rings (SSSR count). The van der Waals surface area contributed by atoms with Crippen molar-refractivity contribution < 1.29 is 14.3 Å². The number of fused-ring (bicyclic) bond motifs is 1. The zero-order chi connectivity index (χ0) is 25.6. The number of nitrogens with one attached hydrogen (secondary N) is 1. The van der Waals surface area contributed by atoms with Gasteiger partial charge in [-0.1, -0.05) is 73.7 Å². The van der Waals surface area contributed by atoms with Crippen LogP contribution in [0.2, 0.25) is 0 Å². The van der Waals surface area contributed by atoms with E-state index in [9.17, 15) is 9.59 Å². The number of ether oxygens (including phenoxy) is 1. The topological polar surface area (TPSA) is 94.1 Å². The predicted molar refractivity (Wildman–Crippen MR) is 143 cm³/mol. The number of hydrogen-bond acceptors (Lipinski definition) is 6. The van der Waals surface area contributed by atoms with Crippen molar-refractivity contribution in [1.82, 2.24) is 15.0 Å². The molecule has 7 heteroatoms. The van der Waals surface area contributed by atoms with Crippen molar-refractivity contribution in [3.63, 3.8) is 0 Å². The summed E-state index contributed by atoms with van der Waals surface area (Å²) < 4.78 is 5.55. The van der Waals surface area contributed by atoms with Crippen LogP contribution in [0.3, 0.4) is 0 Å². The number of benzene rings is 3. The van der Waals surface area contributed by atoms with Gasteiger partial charge in [0.15, 0.2) is 6.10 Å². The maximum atomic E-state index is 13.0. The second-order valence-electron chi connectivity index (χ2n) is 8.36. The summed E-state index contributed by atoms with van der Waals surface area (Å²) in [4.78, 5) is 39.5. The maximum Gasteiger partial charge on any atom is 0.338 e. The van der Waals surface area contributed by atoms with E-state index in [0.717, 1.165) is 16.8 Å². The highest BCUT2D eigenvalue weighted by molar-refractivity contribution is 5.98. The Balaban J connectivity index is 1.46. The van der Waals surface area contributed by atoms with Crippen molar-refractivity contribution in [3.8, 4) is 22.5 Å². The van der Waals surface area contributed by atoms with Gasteiger partial charge in [-0.15, -0.1) is 0 Å². The number of nitrogens with zero attached hydrogens (tertiary/aromatic N) is 3. The van der Waals surface area contributed by atoms with E-state index < -0.39 is 18.0 Å². The molecular formula is C30H24N4O3. The summed E-state index contributed by atoms with van der Waals surface area (Å²) in [6.45, 7) is 1.78. The highest BCUT2D eigenvalue weighted by Gasteiger charge is 2.23. The minimum atomic E-state index is -0.961. The highest BCUT2D eigenvalue weighted by atomic mass is 16.5. The third-order valence-electron chi connectivity index (χ3n) is 5.82. The van der Waals surface area contributed by atoms with Crippen LogP contribution < -0.4 is 5.32 Å². The molecule has 5 aromatic rings. The molecule has 2 heterocycles. The number of pyridine rings is 1. The number of rotatable bonds is 7. The lowest BCUT2D eigenvalue weighted by molar-refractivity contribution is -0.124. The average Bonchev–Trinajstić information content (AvgIpc) is 2.96. The monoisotopic (exact) mass is 488 g/mol. The van der Waals surface area contributed by atoms with E-state index in [2.05, 4.69) is 10.3 Å². The van der Waals surface area contributed by atoms with Crippen LogP contribution in [0.4, 0.5) is 5.82 Å². The molecule has 1 amide bonds. The van der Waals surface area contributed by atoms with Crippen LogP contribution in [-0.4, -0.2) is 32.9 Å². The van der Waals surface area contributed by atoms with Crippen molar-refractivity contribution in [3.05, 3.63) is 109 Å². The van der Waals surface area contributed by atoms with Crippen molar-refractivity contribution in [1.29, 1.82) is 0 Å². The summed E-state index contributed by atoms with van der Waals surface area (Å²) in [5.74, 6) is -0.653. The van der Waals surface area contributed by atoms with Gasteiger partial charge < -0.3 is 10.1 Å². The van der Waals surface area contributed by atoms with Gasteiger partial charge in [0.2, 0.25) is 0 Å². The molecule has 0 spiro atoms. The van der Waals surface area contributed by atoms with Crippen molar-refractivity contribution in [2.24, 2.45) is 0 Å². The minimum absolute atomic E-state index is 0.289. The molecule has 182 valence electrons. The zero-order valence-corrected chi connectivity index (χ0v) is 20.2. The van der Waals surface area contributed by atoms with E-state index in [0.29, 0.717) is 29.0 Å². The van der Waals surface area contributed by atoms with Gasteiger partial charge in [-0.25, -0.2) is 19.7 Å². The molecule has 0 radical (unpaired) electrons. The molecule has 37 heavy (non-hydrogen) atoms. The molecule has 0 aliphatic heterocycles. The molecule has 1 N–H and O–H groups in total. The summed E-state index contributed by atoms with van der Waals surface area (Å²) in [5, 5.41) is 2.68. The van der Waals surface area contributed by atoms with E-state index in [4.69, 9.17) is 14.7 Å². The van der Waals surface area contributed by atoms with Crippen molar-refractivity contribution >= 4 is 28.7 Å². The molecule has 0 aliphatic rings. The molecule has 0 fully saturated rings. The van der Waals surface area contributed by atoms with Gasteiger partial charge in [0.05, 0.1) is 28.0 Å². The van der Waals surface area contributed by atoms with Gasteiger partial charge in [-0.05, 0) is 36.8 Å². The number of aromatic nitrogens is 3. The van der Waals surface area contributed by atoms with E-state index in [1.807, 2.05) is 60.7 Å². The predicted octanol–water partition coefficient (Wildman–Crippen LogP) is 5.93. The zero-order valence-electron chi connectivity index (χ0n) is 20.2. The Morgan fingerprint density at radius 2 is 1.41 bits per heavy atom. The highest BCUT2D eigenvalue weighted by Crippen LogP contribution is 2.31. The Labute approximate surface area is 214 Å². The van der Waals surface area contributed by atoms with Gasteiger partial charge in [-0.3, -0.25) is 4.79 Å². The van der Waals surface area contributed by atoms with Crippen molar-refractivity contribution in [2.75, 3.05) is 5.32 Å². The fraction of sp³-hybridized carbons (Fsp3) is 0.100. The Kier molecular flexibility index (Phi) is 6.94. The molecule has 1 atom stereocenters. The van der Waals surface area contributed by atoms with Crippen molar-refractivity contribution in [2.45, 2.75) is 19.4 Å². The number of anilines is 1. The Bertz CT molecular complexity index is 1540. The van der Waals surface area contributed by atoms with E-state index in [1.165, 1.54) is 0 Å². The van der Waals surface area contributed by atoms with Crippen LogP contribution in [0.5, 0.6) is 0 Å². The lowest BCUT2D eigenvalue weighted by Gasteiger charge is -2.16. The third-order valence-corrected chi connectivity index (χ3v) is 5.82. The minimum Gasteiger partial charge on any atom is -0.449 e. The van der Waals surface area contributed by atoms with E-state index in [1.54, 1.807) is 49.5 Å². The summed E-state index contributed by atoms with van der Waals surface area (Å²) in [7, 11) is 0. The number of carbonyl (C=O) groups is 2. The molecule has 3 aromatic carbocycles. The first kappa shape index (κ1) is 23.8. The van der Waals surface area contributed by atoms with E-state index >= 15 is 0 Å². The molecular weight excluding hydrogens is 464 g/mol. The Hall–Kier alpha value is -4.91. The Morgan fingerprint density at radius 3 is 2.00 bits per heavy atom. The summed E-state index contributed by atoms with van der Waals surface area (Å²) in [6, 6.07) is 29.9. The second kappa shape index (κ2) is 10.8. The van der Waals surface area contributed by atoms with Gasteiger partial charge in [-0.2, -0.15) is 0 Å². The molecule has 0 saturated heterocycles. The lowest BCUT2D eigenvalue weighted by atomic mass is 10.0. The Morgan fingerprint density at radius 1 is 0.784 bits per heavy atom. The second-order valence-corrected chi connectivity index (χ2v) is 8.36. The average molecular weight is 489 g/mol. The van der Waals surface area contributed by atoms with Gasteiger partial charge in [0.1, 0.15) is 5.82 Å². The fourth-order valence-corrected chi connectivity index (χ4v) is 3.94. The maximum absolute atomic E-state index is 13.0. The smallest absolute Gasteiger partial charge is 0.338 e. The number of amides is 1. The standard InChI is InChI=1S/C30H24N4O3/c1-2-25(29(35)34-26-15-9-10-18-31-26)37-30(36)22-16-17-23-24(19-22)33-28(21-13-7-4-8-14-21)27(32-23)20-11-5-3-6-12-20/h3-19,25H,2H2,1H3,(H,31,34,35). The quantitative estimate of drug-likeness (QED) is 0.285. The first-order chi connectivity index (χ1) is 18.1. The van der Waals surface area contributed by atoms with Crippen LogP contribution in [-0.2, 0) is 9.53 Å². The van der Waals surface area contributed by atoms with Crippen LogP contribution >= 0.6 is 0 Å². The van der Waals surface area contributed by atoms with Crippen LogP contribution in [0.25, 0.3) is 33.5 Å². The first-order valence-corrected chi connectivity index (χ1v) is 12.0. The van der Waals surface area contributed by atoms with Gasteiger partial charge in [0, 0.05) is 17.3 Å². The number of carbonyl (C=O) groups excluding carboxylic acids is 2. The largest absolute Gasteiger partial charge is 0.449 e. The van der Waals surface area contributed by atoms with Crippen LogP contribution in [0, 0.1) is 0 Å².